The van der Waals surface area contributed by atoms with E-state index in [2.05, 4.69) is 10.4 Å². The van der Waals surface area contributed by atoms with Crippen molar-refractivity contribution in [3.8, 4) is 5.69 Å². The van der Waals surface area contributed by atoms with Crippen molar-refractivity contribution in [2.45, 2.75) is 11.4 Å². The first-order chi connectivity index (χ1) is 14.7. The molecule has 0 aliphatic carbocycles. The summed E-state index contributed by atoms with van der Waals surface area (Å²) >= 11 is 0. The molecule has 0 saturated heterocycles. The number of amides is 1. The van der Waals surface area contributed by atoms with Crippen molar-refractivity contribution >= 4 is 26.6 Å². The first-order valence-corrected chi connectivity index (χ1v) is 11.1. The van der Waals surface area contributed by atoms with E-state index >= 15 is 0 Å². The van der Waals surface area contributed by atoms with E-state index < -0.39 is 21.6 Å². The molecule has 0 saturated carbocycles. The maximum Gasteiger partial charge on any atom is 0.252 e. The van der Waals surface area contributed by atoms with E-state index in [1.54, 1.807) is 35.0 Å². The summed E-state index contributed by atoms with van der Waals surface area (Å²) in [6.45, 7) is -0.0933. The minimum absolute atomic E-state index is 0.0933. The SMILES string of the molecule is CS(=O)(=O)c1cc(F)ccc1CNC(=O)c1cccc2c1cnn2-c1ccc(F)cc1. The molecule has 1 N–H and O–H groups in total. The van der Waals surface area contributed by atoms with Gasteiger partial charge in [0, 0.05) is 18.2 Å². The Morgan fingerprint density at radius 2 is 1.74 bits per heavy atom. The number of sulfone groups is 1. The van der Waals surface area contributed by atoms with Crippen molar-refractivity contribution in [1.82, 2.24) is 15.1 Å². The second-order valence-electron chi connectivity index (χ2n) is 6.98. The maximum absolute atomic E-state index is 13.5. The number of rotatable bonds is 5. The van der Waals surface area contributed by atoms with Crippen molar-refractivity contribution in [1.29, 1.82) is 0 Å². The van der Waals surface area contributed by atoms with Crippen molar-refractivity contribution in [3.63, 3.8) is 0 Å². The number of nitrogens with zero attached hydrogens (tertiary/aromatic N) is 2. The lowest BCUT2D eigenvalue weighted by Crippen LogP contribution is -2.24. The Morgan fingerprint density at radius 1 is 1.03 bits per heavy atom. The highest BCUT2D eigenvalue weighted by atomic mass is 32.2. The van der Waals surface area contributed by atoms with Crippen LogP contribution < -0.4 is 5.32 Å². The van der Waals surface area contributed by atoms with Crippen LogP contribution in [0.4, 0.5) is 8.78 Å². The Labute approximate surface area is 177 Å². The molecular weight excluding hydrogens is 424 g/mol. The van der Waals surface area contributed by atoms with E-state index in [1.807, 2.05) is 0 Å². The summed E-state index contributed by atoms with van der Waals surface area (Å²) in [5.74, 6) is -1.48. The van der Waals surface area contributed by atoms with Gasteiger partial charge in [-0.2, -0.15) is 5.10 Å². The number of carbonyl (C=O) groups is 1. The van der Waals surface area contributed by atoms with Crippen LogP contribution in [0.5, 0.6) is 0 Å². The zero-order valence-electron chi connectivity index (χ0n) is 16.3. The van der Waals surface area contributed by atoms with Gasteiger partial charge < -0.3 is 5.32 Å². The van der Waals surface area contributed by atoms with E-state index in [-0.39, 0.29) is 22.8 Å². The van der Waals surface area contributed by atoms with Crippen LogP contribution in [-0.4, -0.2) is 30.4 Å². The number of carbonyl (C=O) groups excluding carboxylic acids is 1. The highest BCUT2D eigenvalue weighted by Crippen LogP contribution is 2.23. The first-order valence-electron chi connectivity index (χ1n) is 9.23. The summed E-state index contributed by atoms with van der Waals surface area (Å²) in [4.78, 5) is 12.7. The van der Waals surface area contributed by atoms with Crippen LogP contribution in [0.2, 0.25) is 0 Å². The molecule has 0 bridgehead atoms. The topological polar surface area (TPSA) is 81.1 Å². The third-order valence-electron chi connectivity index (χ3n) is 4.80. The van der Waals surface area contributed by atoms with Crippen LogP contribution in [0.25, 0.3) is 16.6 Å². The number of aromatic nitrogens is 2. The summed E-state index contributed by atoms with van der Waals surface area (Å²) in [6, 6.07) is 14.3. The molecule has 0 fully saturated rings. The quantitative estimate of drug-likeness (QED) is 0.513. The van der Waals surface area contributed by atoms with Crippen molar-refractivity contribution in [2.24, 2.45) is 0 Å². The Balaban J connectivity index is 1.63. The van der Waals surface area contributed by atoms with Crippen LogP contribution in [0.3, 0.4) is 0 Å². The van der Waals surface area contributed by atoms with Gasteiger partial charge in [0.25, 0.3) is 5.91 Å². The molecule has 1 amide bonds. The molecule has 3 aromatic carbocycles. The van der Waals surface area contributed by atoms with Crippen LogP contribution >= 0.6 is 0 Å². The van der Waals surface area contributed by atoms with Gasteiger partial charge in [-0.3, -0.25) is 4.79 Å². The van der Waals surface area contributed by atoms with Crippen LogP contribution in [0.1, 0.15) is 15.9 Å². The predicted octanol–water partition coefficient (Wildman–Crippen LogP) is 3.64. The molecule has 0 aliphatic heterocycles. The monoisotopic (exact) mass is 441 g/mol. The van der Waals surface area contributed by atoms with Crippen LogP contribution in [0.15, 0.2) is 71.8 Å². The third kappa shape index (κ3) is 4.17. The summed E-state index contributed by atoms with van der Waals surface area (Å²) in [5, 5.41) is 7.57. The van der Waals surface area contributed by atoms with E-state index in [4.69, 9.17) is 0 Å². The minimum Gasteiger partial charge on any atom is -0.348 e. The lowest BCUT2D eigenvalue weighted by Gasteiger charge is -2.10. The fourth-order valence-electron chi connectivity index (χ4n) is 3.33. The number of fused-ring (bicyclic) bond motifs is 1. The Kier molecular flexibility index (Phi) is 5.28. The van der Waals surface area contributed by atoms with E-state index in [9.17, 15) is 22.0 Å². The standard InChI is InChI=1S/C22H17F2N3O3S/c1-31(29,30)21-11-16(24)6-5-14(21)12-25-22(28)18-3-2-4-20-19(18)13-26-27(20)17-9-7-15(23)8-10-17/h2-11,13H,12H2,1H3,(H,25,28). The van der Waals surface area contributed by atoms with Gasteiger partial charge in [-0.1, -0.05) is 12.1 Å². The molecule has 4 aromatic rings. The second-order valence-corrected chi connectivity index (χ2v) is 8.96. The fraction of sp³-hybridized carbons (Fsp3) is 0.0909. The first kappa shape index (κ1) is 20.7. The summed E-state index contributed by atoms with van der Waals surface area (Å²) in [5.41, 5.74) is 1.91. The zero-order chi connectivity index (χ0) is 22.2. The van der Waals surface area contributed by atoms with Gasteiger partial charge in [0.05, 0.1) is 27.9 Å². The Morgan fingerprint density at radius 3 is 2.45 bits per heavy atom. The number of hydrogen-bond acceptors (Lipinski definition) is 4. The molecule has 0 atom stereocenters. The van der Waals surface area contributed by atoms with Gasteiger partial charge in [0.15, 0.2) is 9.84 Å². The molecule has 0 unspecified atom stereocenters. The minimum atomic E-state index is -3.66. The van der Waals surface area contributed by atoms with Gasteiger partial charge >= 0.3 is 0 Å². The molecule has 6 nitrogen and oxygen atoms in total. The smallest absolute Gasteiger partial charge is 0.252 e. The van der Waals surface area contributed by atoms with Gasteiger partial charge in [-0.15, -0.1) is 0 Å². The molecule has 1 aromatic heterocycles. The molecular formula is C22H17F2N3O3S. The fourth-order valence-corrected chi connectivity index (χ4v) is 4.27. The molecule has 158 valence electrons. The second kappa shape index (κ2) is 7.92. The zero-order valence-corrected chi connectivity index (χ0v) is 17.2. The third-order valence-corrected chi connectivity index (χ3v) is 5.98. The summed E-state index contributed by atoms with van der Waals surface area (Å²) < 4.78 is 52.2. The van der Waals surface area contributed by atoms with E-state index in [0.717, 1.165) is 18.4 Å². The molecule has 0 aliphatic rings. The maximum atomic E-state index is 13.5. The highest BCUT2D eigenvalue weighted by Gasteiger charge is 2.17. The number of nitrogens with one attached hydrogen (secondary N) is 1. The highest BCUT2D eigenvalue weighted by molar-refractivity contribution is 7.90. The average molecular weight is 441 g/mol. The van der Waals surface area contributed by atoms with Crippen molar-refractivity contribution < 1.29 is 22.0 Å². The van der Waals surface area contributed by atoms with Crippen LogP contribution in [0, 0.1) is 11.6 Å². The van der Waals surface area contributed by atoms with Gasteiger partial charge in [0.2, 0.25) is 0 Å². The summed E-state index contributed by atoms with van der Waals surface area (Å²) in [6.07, 6.45) is 2.52. The molecule has 0 spiro atoms. The molecule has 4 rings (SSSR count). The van der Waals surface area contributed by atoms with Crippen LogP contribution in [-0.2, 0) is 16.4 Å². The predicted molar refractivity (Wildman–Crippen MR) is 112 cm³/mol. The Hall–Kier alpha value is -3.59. The lowest BCUT2D eigenvalue weighted by molar-refractivity contribution is 0.0952. The molecule has 0 radical (unpaired) electrons. The lowest BCUT2D eigenvalue weighted by atomic mass is 10.1. The van der Waals surface area contributed by atoms with Gasteiger partial charge in [-0.05, 0) is 54.1 Å². The number of hydrogen-bond donors (Lipinski definition) is 1. The van der Waals surface area contributed by atoms with Crippen molar-refractivity contribution in [2.75, 3.05) is 6.26 Å². The largest absolute Gasteiger partial charge is 0.348 e. The summed E-state index contributed by atoms with van der Waals surface area (Å²) in [7, 11) is -3.66. The molecule has 1 heterocycles. The molecule has 9 heteroatoms. The van der Waals surface area contributed by atoms with Gasteiger partial charge in [0.1, 0.15) is 11.6 Å². The molecule has 31 heavy (non-hydrogen) atoms. The Bertz CT molecular complexity index is 1400. The van der Waals surface area contributed by atoms with E-state index in [1.165, 1.54) is 24.4 Å². The van der Waals surface area contributed by atoms with E-state index in [0.29, 0.717) is 22.2 Å². The number of benzene rings is 3. The normalized spacial score (nSPS) is 11.6. The van der Waals surface area contributed by atoms with Gasteiger partial charge in [-0.25, -0.2) is 21.9 Å². The number of halogens is 2. The average Bonchev–Trinajstić information content (AvgIpc) is 3.16. The van der Waals surface area contributed by atoms with Crippen molar-refractivity contribution in [3.05, 3.63) is 89.6 Å².